The van der Waals surface area contributed by atoms with Crippen molar-refractivity contribution in [3.63, 3.8) is 0 Å². The van der Waals surface area contributed by atoms with Crippen molar-refractivity contribution in [3.05, 3.63) is 71.8 Å². The van der Waals surface area contributed by atoms with Gasteiger partial charge >= 0.3 is 0 Å². The number of hydrazone groups is 1. The number of aryl methyl sites for hydroxylation is 1. The van der Waals surface area contributed by atoms with Crippen molar-refractivity contribution >= 4 is 18.2 Å². The number of carbonyl (C=O) groups is 1. The molecule has 0 saturated carbocycles. The van der Waals surface area contributed by atoms with E-state index in [9.17, 15) is 4.79 Å². The van der Waals surface area contributed by atoms with Crippen LogP contribution in [0.5, 0.6) is 5.75 Å². The van der Waals surface area contributed by atoms with Gasteiger partial charge < -0.3 is 4.74 Å². The fraction of sp³-hybridized carbons (Fsp3) is 0.158. The van der Waals surface area contributed by atoms with Crippen molar-refractivity contribution in [1.82, 2.24) is 5.43 Å². The molecule has 0 saturated heterocycles. The lowest BCUT2D eigenvalue weighted by Gasteiger charge is -2.13. The fourth-order valence-electron chi connectivity index (χ4n) is 1.90. The van der Waals surface area contributed by atoms with E-state index in [1.165, 1.54) is 6.21 Å². The van der Waals surface area contributed by atoms with Crippen LogP contribution in [-0.2, 0) is 4.79 Å². The van der Waals surface area contributed by atoms with Gasteiger partial charge in [-0.15, -0.1) is 0 Å². The summed E-state index contributed by atoms with van der Waals surface area (Å²) in [6.45, 7) is 3.66. The van der Waals surface area contributed by atoms with Gasteiger partial charge in [-0.1, -0.05) is 48.5 Å². The van der Waals surface area contributed by atoms with Gasteiger partial charge in [-0.05, 0) is 43.2 Å². The van der Waals surface area contributed by atoms with Crippen molar-refractivity contribution in [2.75, 3.05) is 0 Å². The van der Waals surface area contributed by atoms with Crippen molar-refractivity contribution < 1.29 is 9.53 Å². The number of hydrogen-bond donors (Lipinski definition) is 1. The van der Waals surface area contributed by atoms with Gasteiger partial charge in [0.15, 0.2) is 6.10 Å². The SMILES string of the molecule is Cc1cccc(OC(C)C(=O)NN=C/C=C/c2ccccc2)c1. The molecule has 0 aliphatic heterocycles. The molecule has 4 nitrogen and oxygen atoms in total. The zero-order valence-corrected chi connectivity index (χ0v) is 13.3. The molecule has 23 heavy (non-hydrogen) atoms. The highest BCUT2D eigenvalue weighted by Crippen LogP contribution is 2.14. The first-order valence-electron chi connectivity index (χ1n) is 7.43. The molecule has 0 aromatic heterocycles. The number of amides is 1. The molecule has 2 aromatic carbocycles. The molecule has 118 valence electrons. The average Bonchev–Trinajstić information content (AvgIpc) is 2.55. The molecule has 4 heteroatoms. The largest absolute Gasteiger partial charge is 0.481 e. The second-order valence-electron chi connectivity index (χ2n) is 5.10. The lowest BCUT2D eigenvalue weighted by Crippen LogP contribution is -2.33. The monoisotopic (exact) mass is 308 g/mol. The number of rotatable bonds is 6. The third-order valence-corrected chi connectivity index (χ3v) is 3.10. The van der Waals surface area contributed by atoms with Gasteiger partial charge in [0.2, 0.25) is 0 Å². The minimum Gasteiger partial charge on any atom is -0.481 e. The van der Waals surface area contributed by atoms with E-state index < -0.39 is 6.10 Å². The second-order valence-corrected chi connectivity index (χ2v) is 5.10. The Hall–Kier alpha value is -2.88. The fourth-order valence-corrected chi connectivity index (χ4v) is 1.90. The Bertz CT molecular complexity index is 694. The van der Waals surface area contributed by atoms with E-state index in [0.29, 0.717) is 5.75 Å². The van der Waals surface area contributed by atoms with Gasteiger partial charge in [-0.3, -0.25) is 4.79 Å². The van der Waals surface area contributed by atoms with Gasteiger partial charge in [-0.2, -0.15) is 5.10 Å². The van der Waals surface area contributed by atoms with Crippen LogP contribution in [0.15, 0.2) is 65.8 Å². The molecular weight excluding hydrogens is 288 g/mol. The first-order valence-corrected chi connectivity index (χ1v) is 7.43. The van der Waals surface area contributed by atoms with Gasteiger partial charge in [-0.25, -0.2) is 5.43 Å². The van der Waals surface area contributed by atoms with E-state index in [1.807, 2.05) is 67.6 Å². The summed E-state index contributed by atoms with van der Waals surface area (Å²) in [7, 11) is 0. The molecule has 0 heterocycles. The number of hydrogen-bond acceptors (Lipinski definition) is 3. The third-order valence-electron chi connectivity index (χ3n) is 3.10. The Morgan fingerprint density at radius 3 is 2.70 bits per heavy atom. The van der Waals surface area contributed by atoms with E-state index in [1.54, 1.807) is 13.0 Å². The summed E-state index contributed by atoms with van der Waals surface area (Å²) in [6, 6.07) is 17.4. The van der Waals surface area contributed by atoms with Crippen molar-refractivity contribution in [2.45, 2.75) is 20.0 Å². The van der Waals surface area contributed by atoms with E-state index in [2.05, 4.69) is 10.5 Å². The maximum absolute atomic E-state index is 11.9. The predicted molar refractivity (Wildman–Crippen MR) is 93.4 cm³/mol. The van der Waals surface area contributed by atoms with Gasteiger partial charge in [0.25, 0.3) is 5.91 Å². The zero-order valence-electron chi connectivity index (χ0n) is 13.3. The molecule has 0 aliphatic rings. The molecule has 2 aromatic rings. The maximum atomic E-state index is 11.9. The molecule has 2 rings (SSSR count). The first kappa shape index (κ1) is 16.5. The van der Waals surface area contributed by atoms with Crippen LogP contribution in [0.3, 0.4) is 0 Å². The van der Waals surface area contributed by atoms with Crippen LogP contribution in [0.1, 0.15) is 18.1 Å². The number of allylic oxidation sites excluding steroid dienone is 1. The number of nitrogens with zero attached hydrogens (tertiary/aromatic N) is 1. The van der Waals surface area contributed by atoms with Crippen LogP contribution >= 0.6 is 0 Å². The molecule has 1 N–H and O–H groups in total. The van der Waals surface area contributed by atoms with E-state index in [-0.39, 0.29) is 5.91 Å². The lowest BCUT2D eigenvalue weighted by atomic mass is 10.2. The van der Waals surface area contributed by atoms with Crippen LogP contribution in [-0.4, -0.2) is 18.2 Å². The Morgan fingerprint density at radius 2 is 1.96 bits per heavy atom. The molecule has 0 spiro atoms. The summed E-state index contributed by atoms with van der Waals surface area (Å²) in [5.41, 5.74) is 4.61. The second kappa shape index (κ2) is 8.54. The Morgan fingerprint density at radius 1 is 1.17 bits per heavy atom. The number of benzene rings is 2. The van der Waals surface area contributed by atoms with E-state index in [0.717, 1.165) is 11.1 Å². The quantitative estimate of drug-likeness (QED) is 0.655. The highest BCUT2D eigenvalue weighted by atomic mass is 16.5. The molecule has 0 radical (unpaired) electrons. The van der Waals surface area contributed by atoms with Gasteiger partial charge in [0, 0.05) is 6.21 Å². The molecule has 1 atom stereocenters. The Labute approximate surface area is 136 Å². The summed E-state index contributed by atoms with van der Waals surface area (Å²) in [5, 5.41) is 3.88. The summed E-state index contributed by atoms with van der Waals surface area (Å²) < 4.78 is 5.58. The molecular formula is C19H20N2O2. The van der Waals surface area contributed by atoms with Gasteiger partial charge in [0.05, 0.1) is 0 Å². The van der Waals surface area contributed by atoms with Crippen molar-refractivity contribution in [2.24, 2.45) is 5.10 Å². The highest BCUT2D eigenvalue weighted by molar-refractivity contribution is 5.83. The predicted octanol–water partition coefficient (Wildman–Crippen LogP) is 3.58. The molecule has 0 bridgehead atoms. The van der Waals surface area contributed by atoms with Crippen LogP contribution in [0.2, 0.25) is 0 Å². The smallest absolute Gasteiger partial charge is 0.280 e. The van der Waals surface area contributed by atoms with Crippen LogP contribution < -0.4 is 10.2 Å². The number of nitrogens with one attached hydrogen (secondary N) is 1. The third kappa shape index (κ3) is 5.79. The topological polar surface area (TPSA) is 50.7 Å². The summed E-state index contributed by atoms with van der Waals surface area (Å²) in [4.78, 5) is 11.9. The van der Waals surface area contributed by atoms with Gasteiger partial charge in [0.1, 0.15) is 5.75 Å². The average molecular weight is 308 g/mol. The van der Waals surface area contributed by atoms with Crippen LogP contribution in [0, 0.1) is 6.92 Å². The van der Waals surface area contributed by atoms with Crippen molar-refractivity contribution in [1.29, 1.82) is 0 Å². The number of ether oxygens (including phenoxy) is 1. The van der Waals surface area contributed by atoms with Crippen LogP contribution in [0.25, 0.3) is 6.08 Å². The first-order chi connectivity index (χ1) is 11.1. The van der Waals surface area contributed by atoms with Crippen molar-refractivity contribution in [3.8, 4) is 5.75 Å². The molecule has 0 fully saturated rings. The lowest BCUT2D eigenvalue weighted by molar-refractivity contribution is -0.127. The summed E-state index contributed by atoms with van der Waals surface area (Å²) in [5.74, 6) is 0.372. The van der Waals surface area contributed by atoms with Crippen LogP contribution in [0.4, 0.5) is 0 Å². The number of carbonyl (C=O) groups excluding carboxylic acids is 1. The molecule has 1 unspecified atom stereocenters. The van der Waals surface area contributed by atoms with E-state index >= 15 is 0 Å². The standard InChI is InChI=1S/C19H20N2O2/c1-15-8-6-12-18(14-15)23-16(2)19(22)21-20-13-7-11-17-9-4-3-5-10-17/h3-14,16H,1-2H3,(H,21,22)/b11-7+,20-13?. The minimum atomic E-state index is -0.618. The van der Waals surface area contributed by atoms with E-state index in [4.69, 9.17) is 4.74 Å². The minimum absolute atomic E-state index is 0.295. The Balaban J connectivity index is 1.79. The Kier molecular flexibility index (Phi) is 6.12. The highest BCUT2D eigenvalue weighted by Gasteiger charge is 2.13. The summed E-state index contributed by atoms with van der Waals surface area (Å²) >= 11 is 0. The zero-order chi connectivity index (χ0) is 16.5. The maximum Gasteiger partial charge on any atom is 0.280 e. The molecule has 1 amide bonds. The molecule has 0 aliphatic carbocycles. The summed E-state index contributed by atoms with van der Waals surface area (Å²) in [6.07, 6.45) is 4.58. The normalized spacial score (nSPS) is 12.4.